The van der Waals surface area contributed by atoms with Crippen molar-refractivity contribution in [2.45, 2.75) is 6.92 Å². The molecular formula is C15H11NO. The van der Waals surface area contributed by atoms with Crippen LogP contribution in [-0.2, 0) is 4.79 Å². The smallest absolute Gasteiger partial charge is 0.267 e. The van der Waals surface area contributed by atoms with Crippen LogP contribution in [0.2, 0.25) is 0 Å². The van der Waals surface area contributed by atoms with Gasteiger partial charge in [0.2, 0.25) is 0 Å². The number of carbonyl (C=O) groups is 1. The van der Waals surface area contributed by atoms with E-state index in [1.807, 2.05) is 55.5 Å². The van der Waals surface area contributed by atoms with E-state index in [1.165, 1.54) is 0 Å². The molecule has 3 rings (SSSR count). The van der Waals surface area contributed by atoms with Gasteiger partial charge < -0.3 is 0 Å². The van der Waals surface area contributed by atoms with Crippen molar-refractivity contribution in [1.29, 1.82) is 0 Å². The van der Waals surface area contributed by atoms with Gasteiger partial charge in [-0.15, -0.1) is 0 Å². The Labute approximate surface area is 98.9 Å². The summed E-state index contributed by atoms with van der Waals surface area (Å²) in [6, 6.07) is 15.5. The highest BCUT2D eigenvalue weighted by molar-refractivity contribution is 6.21. The Balaban J connectivity index is 2.45. The van der Waals surface area contributed by atoms with Crippen molar-refractivity contribution in [3.63, 3.8) is 0 Å². The highest BCUT2D eigenvalue weighted by Crippen LogP contribution is 2.14. The molecule has 2 aromatic rings. The van der Waals surface area contributed by atoms with Crippen LogP contribution < -0.4 is 10.6 Å². The van der Waals surface area contributed by atoms with Crippen LogP contribution >= 0.6 is 0 Å². The summed E-state index contributed by atoms with van der Waals surface area (Å²) < 4.78 is 0. The molecule has 1 aliphatic rings. The fourth-order valence-corrected chi connectivity index (χ4v) is 2.22. The molecule has 82 valence electrons. The van der Waals surface area contributed by atoms with Gasteiger partial charge in [-0.2, -0.15) is 0 Å². The summed E-state index contributed by atoms with van der Waals surface area (Å²) in [5, 5.41) is 1.76. The lowest BCUT2D eigenvalue weighted by Crippen LogP contribution is -2.26. The van der Waals surface area contributed by atoms with E-state index in [0.29, 0.717) is 0 Å². The van der Waals surface area contributed by atoms with Crippen LogP contribution in [0.3, 0.4) is 0 Å². The van der Waals surface area contributed by atoms with Crippen LogP contribution in [0.1, 0.15) is 11.1 Å². The molecule has 0 bridgehead atoms. The molecule has 0 saturated carbocycles. The lowest BCUT2D eigenvalue weighted by molar-refractivity contribution is -0.112. The number of hydrogen-bond acceptors (Lipinski definition) is 1. The summed E-state index contributed by atoms with van der Waals surface area (Å²) in [6.45, 7) is 2.01. The second-order valence-electron chi connectivity index (χ2n) is 4.13. The van der Waals surface area contributed by atoms with Gasteiger partial charge in [0.05, 0.1) is 10.9 Å². The predicted octanol–water partition coefficient (Wildman–Crippen LogP) is 1.35. The predicted molar refractivity (Wildman–Crippen MR) is 65.9 cm³/mol. The summed E-state index contributed by atoms with van der Waals surface area (Å²) in [4.78, 5) is 16.1. The molecule has 0 fully saturated rings. The quantitative estimate of drug-likeness (QED) is 0.714. The molecule has 2 nitrogen and oxygen atoms in total. The third kappa shape index (κ3) is 1.49. The lowest BCUT2D eigenvalue weighted by Gasteiger charge is -2.00. The SMILES string of the molecule is Cc1cccc2c1=C(c1ccccc1)C(=O)N=2. The first-order chi connectivity index (χ1) is 8.27. The first kappa shape index (κ1) is 9.97. The number of benzene rings is 2. The lowest BCUT2D eigenvalue weighted by atomic mass is 10.0. The van der Waals surface area contributed by atoms with E-state index >= 15 is 0 Å². The first-order valence-corrected chi connectivity index (χ1v) is 5.56. The monoisotopic (exact) mass is 221 g/mol. The van der Waals surface area contributed by atoms with Crippen molar-refractivity contribution in [2.75, 3.05) is 0 Å². The molecule has 0 radical (unpaired) electrons. The number of amides is 1. The number of fused-ring (bicyclic) bond motifs is 1. The molecule has 0 spiro atoms. The van der Waals surface area contributed by atoms with Crippen molar-refractivity contribution in [3.8, 4) is 0 Å². The van der Waals surface area contributed by atoms with E-state index in [-0.39, 0.29) is 5.91 Å². The van der Waals surface area contributed by atoms with Crippen molar-refractivity contribution in [2.24, 2.45) is 4.99 Å². The molecule has 0 N–H and O–H groups in total. The van der Waals surface area contributed by atoms with Crippen molar-refractivity contribution in [1.82, 2.24) is 0 Å². The van der Waals surface area contributed by atoms with Crippen LogP contribution in [0.5, 0.6) is 0 Å². The Morgan fingerprint density at radius 1 is 0.941 bits per heavy atom. The maximum atomic E-state index is 12.0. The molecular weight excluding hydrogens is 210 g/mol. The van der Waals surface area contributed by atoms with E-state index in [1.54, 1.807) is 0 Å². The third-order valence-electron chi connectivity index (χ3n) is 3.00. The fraction of sp³-hybridized carbons (Fsp3) is 0.0667. The van der Waals surface area contributed by atoms with Gasteiger partial charge in [-0.25, -0.2) is 4.99 Å². The van der Waals surface area contributed by atoms with Crippen LogP contribution in [0.25, 0.3) is 5.57 Å². The molecule has 2 heteroatoms. The second-order valence-corrected chi connectivity index (χ2v) is 4.13. The minimum Gasteiger partial charge on any atom is -0.267 e. The van der Waals surface area contributed by atoms with Crippen molar-refractivity contribution >= 4 is 11.5 Å². The Bertz CT molecular complexity index is 714. The summed E-state index contributed by atoms with van der Waals surface area (Å²) in [6.07, 6.45) is 0. The standard InChI is InChI=1S/C15H11NO/c1-10-6-5-9-12-13(10)14(15(17)16-12)11-7-3-2-4-8-11/h2-9H,1H3. The average Bonchev–Trinajstić information content (AvgIpc) is 2.68. The highest BCUT2D eigenvalue weighted by atomic mass is 16.1. The number of nitrogens with zero attached hydrogens (tertiary/aromatic N) is 1. The van der Waals surface area contributed by atoms with E-state index < -0.39 is 0 Å². The molecule has 1 aliphatic heterocycles. The normalized spacial score (nSPS) is 13.5. The summed E-state index contributed by atoms with van der Waals surface area (Å²) in [7, 11) is 0. The number of hydrogen-bond donors (Lipinski definition) is 0. The Kier molecular flexibility index (Phi) is 2.15. The Hall–Kier alpha value is -2.22. The van der Waals surface area contributed by atoms with Gasteiger partial charge in [0.1, 0.15) is 0 Å². The summed E-state index contributed by atoms with van der Waals surface area (Å²) in [5.74, 6) is -0.138. The largest absolute Gasteiger partial charge is 0.278 e. The van der Waals surface area contributed by atoms with Gasteiger partial charge in [-0.05, 0) is 24.1 Å². The van der Waals surface area contributed by atoms with Crippen LogP contribution in [-0.4, -0.2) is 5.91 Å². The minimum absolute atomic E-state index is 0.138. The maximum Gasteiger partial charge on any atom is 0.278 e. The zero-order valence-electron chi connectivity index (χ0n) is 9.47. The summed E-state index contributed by atoms with van der Waals surface area (Å²) in [5.41, 5.74) is 2.75. The van der Waals surface area contributed by atoms with Crippen LogP contribution in [0, 0.1) is 6.92 Å². The van der Waals surface area contributed by atoms with Gasteiger partial charge in [-0.1, -0.05) is 42.5 Å². The van der Waals surface area contributed by atoms with Crippen molar-refractivity contribution < 1.29 is 4.79 Å². The number of carbonyl (C=O) groups excluding carboxylic acids is 1. The maximum absolute atomic E-state index is 12.0. The molecule has 2 aromatic carbocycles. The molecule has 0 aliphatic carbocycles. The second kappa shape index (κ2) is 3.67. The Morgan fingerprint density at radius 3 is 2.47 bits per heavy atom. The molecule has 0 aromatic heterocycles. The number of aryl methyl sites for hydroxylation is 1. The van der Waals surface area contributed by atoms with E-state index in [0.717, 1.165) is 27.3 Å². The fourth-order valence-electron chi connectivity index (χ4n) is 2.22. The topological polar surface area (TPSA) is 29.4 Å². The van der Waals surface area contributed by atoms with Crippen molar-refractivity contribution in [3.05, 3.63) is 70.2 Å². The Morgan fingerprint density at radius 2 is 1.71 bits per heavy atom. The van der Waals surface area contributed by atoms with E-state index in [2.05, 4.69) is 4.99 Å². The molecule has 0 saturated heterocycles. The first-order valence-electron chi connectivity index (χ1n) is 5.56. The summed E-state index contributed by atoms with van der Waals surface area (Å²) >= 11 is 0. The zero-order valence-corrected chi connectivity index (χ0v) is 9.47. The van der Waals surface area contributed by atoms with Gasteiger partial charge >= 0.3 is 0 Å². The molecule has 0 unspecified atom stereocenters. The van der Waals surface area contributed by atoms with E-state index in [4.69, 9.17) is 0 Å². The zero-order chi connectivity index (χ0) is 11.8. The van der Waals surface area contributed by atoms with Crippen LogP contribution in [0.4, 0.5) is 0 Å². The van der Waals surface area contributed by atoms with Gasteiger partial charge in [0.25, 0.3) is 5.91 Å². The molecule has 0 atom stereocenters. The average molecular weight is 221 g/mol. The molecule has 17 heavy (non-hydrogen) atoms. The van der Waals surface area contributed by atoms with Crippen LogP contribution in [0.15, 0.2) is 53.5 Å². The minimum atomic E-state index is -0.138. The van der Waals surface area contributed by atoms with Gasteiger partial charge in [0, 0.05) is 5.22 Å². The van der Waals surface area contributed by atoms with E-state index in [9.17, 15) is 4.79 Å². The van der Waals surface area contributed by atoms with Gasteiger partial charge in [-0.3, -0.25) is 4.79 Å². The number of rotatable bonds is 1. The molecule has 1 heterocycles. The molecule has 1 amide bonds. The third-order valence-corrected chi connectivity index (χ3v) is 3.00. The van der Waals surface area contributed by atoms with Gasteiger partial charge in [0.15, 0.2) is 0 Å². The highest BCUT2D eigenvalue weighted by Gasteiger charge is 2.18.